The van der Waals surface area contributed by atoms with Crippen molar-refractivity contribution in [3.8, 4) is 0 Å². The van der Waals surface area contributed by atoms with Crippen LogP contribution in [-0.2, 0) is 4.74 Å². The second-order valence-electron chi connectivity index (χ2n) is 4.27. The molecule has 0 saturated carbocycles. The quantitative estimate of drug-likeness (QED) is 0.449. The van der Waals surface area contributed by atoms with Gasteiger partial charge in [0.1, 0.15) is 5.60 Å². The lowest BCUT2D eigenvalue weighted by atomic mass is 10.2. The SMILES string of the molecule is CCCCCN(I)C(=O)OC(C)(C)C. The van der Waals surface area contributed by atoms with E-state index in [-0.39, 0.29) is 6.09 Å². The zero-order valence-electron chi connectivity index (χ0n) is 9.47. The minimum atomic E-state index is -0.398. The van der Waals surface area contributed by atoms with Crippen LogP contribution in [0.3, 0.4) is 0 Å². The number of nitrogens with zero attached hydrogens (tertiary/aromatic N) is 1. The van der Waals surface area contributed by atoms with Gasteiger partial charge >= 0.3 is 6.09 Å². The van der Waals surface area contributed by atoms with Crippen LogP contribution in [0.4, 0.5) is 4.79 Å². The van der Waals surface area contributed by atoms with Gasteiger partial charge < -0.3 is 4.74 Å². The number of carbonyl (C=O) groups is 1. The fraction of sp³-hybridized carbons (Fsp3) is 0.900. The fourth-order valence-corrected chi connectivity index (χ4v) is 1.34. The number of carbonyl (C=O) groups excluding carboxylic acids is 1. The summed E-state index contributed by atoms with van der Waals surface area (Å²) < 4.78 is 6.82. The first kappa shape index (κ1) is 14.0. The lowest BCUT2D eigenvalue weighted by Gasteiger charge is -2.23. The molecule has 84 valence electrons. The van der Waals surface area contributed by atoms with E-state index in [0.29, 0.717) is 0 Å². The van der Waals surface area contributed by atoms with Gasteiger partial charge in [-0.3, -0.25) is 0 Å². The molecule has 1 amide bonds. The van der Waals surface area contributed by atoms with E-state index < -0.39 is 5.60 Å². The minimum absolute atomic E-state index is 0.241. The molecule has 0 aromatic rings. The first-order chi connectivity index (χ1) is 6.37. The number of halogens is 1. The molecule has 0 spiro atoms. The van der Waals surface area contributed by atoms with E-state index in [4.69, 9.17) is 4.74 Å². The molecule has 0 rings (SSSR count). The summed E-state index contributed by atoms with van der Waals surface area (Å²) in [5.41, 5.74) is -0.398. The van der Waals surface area contributed by atoms with Crippen molar-refractivity contribution >= 4 is 29.0 Å². The highest BCUT2D eigenvalue weighted by atomic mass is 127. The van der Waals surface area contributed by atoms with Crippen LogP contribution in [0.25, 0.3) is 0 Å². The molecule has 0 bridgehead atoms. The number of unbranched alkanes of at least 4 members (excludes halogenated alkanes) is 2. The molecule has 0 heterocycles. The van der Waals surface area contributed by atoms with Gasteiger partial charge in [0, 0.05) is 6.54 Å². The van der Waals surface area contributed by atoms with Gasteiger partial charge in [0.05, 0.1) is 22.9 Å². The Morgan fingerprint density at radius 1 is 1.36 bits per heavy atom. The Labute approximate surface area is 101 Å². The van der Waals surface area contributed by atoms with Gasteiger partial charge in [0.15, 0.2) is 0 Å². The highest BCUT2D eigenvalue weighted by molar-refractivity contribution is 14.1. The van der Waals surface area contributed by atoms with E-state index in [2.05, 4.69) is 6.92 Å². The first-order valence-electron chi connectivity index (χ1n) is 5.03. The van der Waals surface area contributed by atoms with Gasteiger partial charge in [-0.15, -0.1) is 0 Å². The number of hydrogen-bond donors (Lipinski definition) is 0. The fourth-order valence-electron chi connectivity index (χ4n) is 0.903. The summed E-state index contributed by atoms with van der Waals surface area (Å²) in [7, 11) is 0. The maximum atomic E-state index is 11.4. The summed E-state index contributed by atoms with van der Waals surface area (Å²) in [5.74, 6) is 0. The van der Waals surface area contributed by atoms with Crippen molar-refractivity contribution in [1.82, 2.24) is 3.11 Å². The first-order valence-corrected chi connectivity index (χ1v) is 5.99. The zero-order chi connectivity index (χ0) is 11.2. The van der Waals surface area contributed by atoms with Gasteiger partial charge in [-0.1, -0.05) is 19.8 Å². The molecule has 0 radical (unpaired) electrons. The number of amides is 1. The zero-order valence-corrected chi connectivity index (χ0v) is 11.6. The van der Waals surface area contributed by atoms with Crippen molar-refractivity contribution in [1.29, 1.82) is 0 Å². The second kappa shape index (κ2) is 6.48. The van der Waals surface area contributed by atoms with Crippen LogP contribution in [0.15, 0.2) is 0 Å². The van der Waals surface area contributed by atoms with Crippen LogP contribution in [0, 0.1) is 0 Å². The number of ether oxygens (including phenoxy) is 1. The molecule has 0 aliphatic rings. The Kier molecular flexibility index (Phi) is 6.48. The van der Waals surface area contributed by atoms with Crippen molar-refractivity contribution in [3.63, 3.8) is 0 Å². The third kappa shape index (κ3) is 7.41. The number of hydrogen-bond acceptors (Lipinski definition) is 2. The molecule has 0 aromatic heterocycles. The third-order valence-corrected chi connectivity index (χ3v) is 2.43. The molecule has 3 nitrogen and oxygen atoms in total. The van der Waals surface area contributed by atoms with Gasteiger partial charge in [0.25, 0.3) is 0 Å². The Balaban J connectivity index is 3.77. The molecular formula is C10H20INO2. The molecule has 0 fully saturated rings. The summed E-state index contributed by atoms with van der Waals surface area (Å²) in [6, 6.07) is 0. The number of rotatable bonds is 4. The molecule has 0 aliphatic carbocycles. The van der Waals surface area contributed by atoms with E-state index in [1.807, 2.05) is 43.6 Å². The molecule has 0 aromatic carbocycles. The molecular weight excluding hydrogens is 293 g/mol. The van der Waals surface area contributed by atoms with Crippen LogP contribution in [-0.4, -0.2) is 21.4 Å². The van der Waals surface area contributed by atoms with E-state index in [9.17, 15) is 4.79 Å². The second-order valence-corrected chi connectivity index (χ2v) is 5.44. The largest absolute Gasteiger partial charge is 0.443 e. The van der Waals surface area contributed by atoms with Crippen molar-refractivity contribution in [2.45, 2.75) is 52.6 Å². The van der Waals surface area contributed by atoms with Gasteiger partial charge in [-0.25, -0.2) is 7.91 Å². The Hall–Kier alpha value is 0. The summed E-state index contributed by atoms with van der Waals surface area (Å²) in [5, 5.41) is 0. The van der Waals surface area contributed by atoms with Gasteiger partial charge in [0.2, 0.25) is 0 Å². The molecule has 0 atom stereocenters. The van der Waals surface area contributed by atoms with Crippen molar-refractivity contribution in [3.05, 3.63) is 0 Å². The van der Waals surface area contributed by atoms with Crippen LogP contribution in [0.1, 0.15) is 47.0 Å². The molecule has 0 saturated heterocycles. The average Bonchev–Trinajstić information content (AvgIpc) is 2.01. The molecule has 4 heteroatoms. The monoisotopic (exact) mass is 313 g/mol. The highest BCUT2D eigenvalue weighted by Gasteiger charge is 2.19. The predicted octanol–water partition coefficient (Wildman–Crippen LogP) is 3.76. The smallest absolute Gasteiger partial charge is 0.419 e. The molecule has 0 aliphatic heterocycles. The lowest BCUT2D eigenvalue weighted by Crippen LogP contribution is -2.31. The minimum Gasteiger partial charge on any atom is -0.443 e. The molecule has 0 N–H and O–H groups in total. The maximum Gasteiger partial charge on any atom is 0.419 e. The average molecular weight is 313 g/mol. The van der Waals surface area contributed by atoms with Gasteiger partial charge in [-0.2, -0.15) is 0 Å². The highest BCUT2D eigenvalue weighted by Crippen LogP contribution is 2.13. The molecule has 14 heavy (non-hydrogen) atoms. The normalized spacial score (nSPS) is 11.2. The van der Waals surface area contributed by atoms with E-state index in [0.717, 1.165) is 19.4 Å². The summed E-state index contributed by atoms with van der Waals surface area (Å²) in [6.07, 6.45) is 3.12. The lowest BCUT2D eigenvalue weighted by molar-refractivity contribution is 0.0428. The third-order valence-electron chi connectivity index (χ3n) is 1.55. The van der Waals surface area contributed by atoms with E-state index >= 15 is 0 Å². The summed E-state index contributed by atoms with van der Waals surface area (Å²) in [4.78, 5) is 11.4. The maximum absolute atomic E-state index is 11.4. The van der Waals surface area contributed by atoms with Crippen LogP contribution >= 0.6 is 22.9 Å². The Morgan fingerprint density at radius 3 is 2.36 bits per heavy atom. The van der Waals surface area contributed by atoms with E-state index in [1.165, 1.54) is 6.42 Å². The van der Waals surface area contributed by atoms with Crippen LogP contribution in [0.5, 0.6) is 0 Å². The van der Waals surface area contributed by atoms with Crippen molar-refractivity contribution in [2.75, 3.05) is 6.54 Å². The topological polar surface area (TPSA) is 29.5 Å². The van der Waals surface area contributed by atoms with Gasteiger partial charge in [-0.05, 0) is 27.2 Å². The molecule has 0 unspecified atom stereocenters. The summed E-state index contributed by atoms with van der Waals surface area (Å²) in [6.45, 7) is 8.54. The Morgan fingerprint density at radius 2 is 1.93 bits per heavy atom. The standard InChI is InChI=1S/C10H20INO2/c1-5-6-7-8-12(11)9(13)14-10(2,3)4/h5-8H2,1-4H3. The van der Waals surface area contributed by atoms with Crippen molar-refractivity contribution < 1.29 is 9.53 Å². The Bertz CT molecular complexity index is 177. The summed E-state index contributed by atoms with van der Waals surface area (Å²) >= 11 is 2.01. The predicted molar refractivity (Wildman–Crippen MR) is 66.5 cm³/mol. The van der Waals surface area contributed by atoms with Crippen molar-refractivity contribution in [2.24, 2.45) is 0 Å². The van der Waals surface area contributed by atoms with Crippen LogP contribution < -0.4 is 0 Å². The van der Waals surface area contributed by atoms with E-state index in [1.54, 1.807) is 3.11 Å². The van der Waals surface area contributed by atoms with Crippen LogP contribution in [0.2, 0.25) is 0 Å².